The summed E-state index contributed by atoms with van der Waals surface area (Å²) in [6.45, 7) is 4.45. The summed E-state index contributed by atoms with van der Waals surface area (Å²) in [7, 11) is 0. The molecule has 1 aromatic rings. The van der Waals surface area contributed by atoms with Gasteiger partial charge in [-0.05, 0) is 42.9 Å². The molecule has 1 aliphatic rings. The fraction of sp³-hybridized carbons (Fsp3) is 0.600. The van der Waals surface area contributed by atoms with Crippen molar-refractivity contribution < 1.29 is 14.6 Å². The van der Waals surface area contributed by atoms with Gasteiger partial charge in [0.05, 0.1) is 12.7 Å². The highest BCUT2D eigenvalue weighted by Gasteiger charge is 2.14. The van der Waals surface area contributed by atoms with Gasteiger partial charge in [0.2, 0.25) is 0 Å². The second-order valence-corrected chi connectivity index (χ2v) is 4.86. The predicted molar refractivity (Wildman–Crippen MR) is 70.7 cm³/mol. The summed E-state index contributed by atoms with van der Waals surface area (Å²) in [6, 6.07) is 7.75. The number of hydrogen-bond donors (Lipinski definition) is 1. The number of aliphatic hydroxyl groups is 1. The topological polar surface area (TPSA) is 38.7 Å². The third-order valence-electron chi connectivity index (χ3n) is 3.48. The minimum atomic E-state index is -0.366. The third-order valence-corrected chi connectivity index (χ3v) is 3.48. The minimum Gasteiger partial charge on any atom is -0.493 e. The van der Waals surface area contributed by atoms with Gasteiger partial charge in [-0.15, -0.1) is 0 Å². The van der Waals surface area contributed by atoms with Crippen LogP contribution in [0, 0.1) is 5.92 Å². The molecule has 0 aromatic heterocycles. The number of ether oxygens (including phenoxy) is 2. The standard InChI is InChI=1S/C15H22O3/c1-2-15(16)13-3-5-14(6-4-13)18-11-12-7-9-17-10-8-12/h3-6,12,15-16H,2,7-11H2,1H3/t15-/m1/s1. The van der Waals surface area contributed by atoms with E-state index in [0.717, 1.165) is 50.4 Å². The Balaban J connectivity index is 1.82. The molecule has 0 amide bonds. The third kappa shape index (κ3) is 3.72. The summed E-state index contributed by atoms with van der Waals surface area (Å²) in [5.74, 6) is 1.49. The molecule has 1 saturated heterocycles. The van der Waals surface area contributed by atoms with Crippen LogP contribution in [0.15, 0.2) is 24.3 Å². The fourth-order valence-corrected chi connectivity index (χ4v) is 2.15. The lowest BCUT2D eigenvalue weighted by molar-refractivity contribution is 0.0497. The van der Waals surface area contributed by atoms with Crippen LogP contribution in [0.3, 0.4) is 0 Å². The quantitative estimate of drug-likeness (QED) is 0.873. The van der Waals surface area contributed by atoms with Gasteiger partial charge < -0.3 is 14.6 Å². The van der Waals surface area contributed by atoms with E-state index >= 15 is 0 Å². The van der Waals surface area contributed by atoms with E-state index in [2.05, 4.69) is 0 Å². The number of rotatable bonds is 5. The predicted octanol–water partition coefficient (Wildman–Crippen LogP) is 2.94. The lowest BCUT2D eigenvalue weighted by atomic mass is 10.0. The van der Waals surface area contributed by atoms with Crippen LogP contribution in [-0.2, 0) is 4.74 Å². The molecule has 0 spiro atoms. The second-order valence-electron chi connectivity index (χ2n) is 4.86. The normalized spacial score (nSPS) is 18.6. The molecular weight excluding hydrogens is 228 g/mol. The van der Waals surface area contributed by atoms with Crippen LogP contribution in [-0.4, -0.2) is 24.9 Å². The maximum atomic E-state index is 9.70. The van der Waals surface area contributed by atoms with Crippen molar-refractivity contribution in [3.8, 4) is 5.75 Å². The van der Waals surface area contributed by atoms with Crippen molar-refractivity contribution in [3.05, 3.63) is 29.8 Å². The largest absolute Gasteiger partial charge is 0.493 e. The van der Waals surface area contributed by atoms with Crippen molar-refractivity contribution in [2.45, 2.75) is 32.3 Å². The molecule has 1 N–H and O–H groups in total. The molecule has 1 atom stereocenters. The Morgan fingerprint density at radius 1 is 1.28 bits per heavy atom. The summed E-state index contributed by atoms with van der Waals surface area (Å²) in [5, 5.41) is 9.70. The van der Waals surface area contributed by atoms with E-state index in [9.17, 15) is 5.11 Å². The van der Waals surface area contributed by atoms with E-state index in [1.807, 2.05) is 31.2 Å². The van der Waals surface area contributed by atoms with Gasteiger partial charge in [0.15, 0.2) is 0 Å². The van der Waals surface area contributed by atoms with Crippen LogP contribution >= 0.6 is 0 Å². The summed E-state index contributed by atoms with van der Waals surface area (Å²) in [5.41, 5.74) is 0.955. The van der Waals surface area contributed by atoms with E-state index < -0.39 is 0 Å². The van der Waals surface area contributed by atoms with Crippen LogP contribution in [0.25, 0.3) is 0 Å². The number of hydrogen-bond acceptors (Lipinski definition) is 3. The van der Waals surface area contributed by atoms with Gasteiger partial charge in [-0.1, -0.05) is 19.1 Å². The van der Waals surface area contributed by atoms with E-state index in [1.54, 1.807) is 0 Å². The average molecular weight is 250 g/mol. The molecule has 0 unspecified atom stereocenters. The zero-order valence-corrected chi connectivity index (χ0v) is 11.0. The average Bonchev–Trinajstić information content (AvgIpc) is 2.46. The highest BCUT2D eigenvalue weighted by Crippen LogP contribution is 2.21. The Kier molecular flexibility index (Phi) is 5.02. The monoisotopic (exact) mass is 250 g/mol. The van der Waals surface area contributed by atoms with Crippen LogP contribution in [0.1, 0.15) is 37.9 Å². The smallest absolute Gasteiger partial charge is 0.119 e. The van der Waals surface area contributed by atoms with Crippen molar-refractivity contribution in [3.63, 3.8) is 0 Å². The van der Waals surface area contributed by atoms with Gasteiger partial charge in [-0.3, -0.25) is 0 Å². The first-order valence-corrected chi connectivity index (χ1v) is 6.78. The molecule has 3 nitrogen and oxygen atoms in total. The molecule has 3 heteroatoms. The first-order valence-electron chi connectivity index (χ1n) is 6.78. The Bertz CT molecular complexity index is 341. The fourth-order valence-electron chi connectivity index (χ4n) is 2.15. The molecular formula is C15H22O3. The first kappa shape index (κ1) is 13.4. The van der Waals surface area contributed by atoms with Gasteiger partial charge in [0.1, 0.15) is 5.75 Å². The summed E-state index contributed by atoms with van der Waals surface area (Å²) in [4.78, 5) is 0. The zero-order chi connectivity index (χ0) is 12.8. The molecule has 0 aliphatic carbocycles. The lowest BCUT2D eigenvalue weighted by Gasteiger charge is -2.22. The lowest BCUT2D eigenvalue weighted by Crippen LogP contribution is -2.21. The van der Waals surface area contributed by atoms with Crippen LogP contribution < -0.4 is 4.74 Å². The van der Waals surface area contributed by atoms with E-state index in [0.29, 0.717) is 5.92 Å². The van der Waals surface area contributed by atoms with E-state index in [4.69, 9.17) is 9.47 Å². The molecule has 1 aromatic carbocycles. The first-order chi connectivity index (χ1) is 8.79. The molecule has 0 bridgehead atoms. The Labute approximate surface area is 109 Å². The van der Waals surface area contributed by atoms with E-state index in [-0.39, 0.29) is 6.10 Å². The minimum absolute atomic E-state index is 0.366. The van der Waals surface area contributed by atoms with Crippen LogP contribution in [0.5, 0.6) is 5.75 Å². The molecule has 2 rings (SSSR count). The summed E-state index contributed by atoms with van der Waals surface area (Å²) >= 11 is 0. The Morgan fingerprint density at radius 2 is 1.94 bits per heavy atom. The molecule has 0 saturated carbocycles. The van der Waals surface area contributed by atoms with Gasteiger partial charge in [0, 0.05) is 13.2 Å². The molecule has 1 heterocycles. The summed E-state index contributed by atoms with van der Waals surface area (Å²) in [6.07, 6.45) is 2.55. The van der Waals surface area contributed by atoms with Crippen molar-refractivity contribution in [1.82, 2.24) is 0 Å². The molecule has 1 fully saturated rings. The van der Waals surface area contributed by atoms with E-state index in [1.165, 1.54) is 0 Å². The second kappa shape index (κ2) is 6.76. The highest BCUT2D eigenvalue weighted by atomic mass is 16.5. The van der Waals surface area contributed by atoms with Gasteiger partial charge in [-0.25, -0.2) is 0 Å². The van der Waals surface area contributed by atoms with Crippen LogP contribution in [0.4, 0.5) is 0 Å². The number of benzene rings is 1. The van der Waals surface area contributed by atoms with Crippen molar-refractivity contribution in [2.24, 2.45) is 5.92 Å². The molecule has 18 heavy (non-hydrogen) atoms. The SMILES string of the molecule is CC[C@@H](O)c1ccc(OCC2CCOCC2)cc1. The molecule has 100 valence electrons. The Morgan fingerprint density at radius 3 is 2.56 bits per heavy atom. The summed E-state index contributed by atoms with van der Waals surface area (Å²) < 4.78 is 11.1. The van der Waals surface area contributed by atoms with Crippen molar-refractivity contribution in [1.29, 1.82) is 0 Å². The highest BCUT2D eigenvalue weighted by molar-refractivity contribution is 5.28. The van der Waals surface area contributed by atoms with Gasteiger partial charge in [-0.2, -0.15) is 0 Å². The molecule has 1 aliphatic heterocycles. The molecule has 0 radical (unpaired) electrons. The van der Waals surface area contributed by atoms with Crippen LogP contribution in [0.2, 0.25) is 0 Å². The maximum absolute atomic E-state index is 9.70. The maximum Gasteiger partial charge on any atom is 0.119 e. The number of aliphatic hydroxyl groups excluding tert-OH is 1. The van der Waals surface area contributed by atoms with Gasteiger partial charge in [0.25, 0.3) is 0 Å². The zero-order valence-electron chi connectivity index (χ0n) is 11.0. The van der Waals surface area contributed by atoms with Crippen molar-refractivity contribution >= 4 is 0 Å². The Hall–Kier alpha value is -1.06. The van der Waals surface area contributed by atoms with Crippen molar-refractivity contribution in [2.75, 3.05) is 19.8 Å². The van der Waals surface area contributed by atoms with Gasteiger partial charge >= 0.3 is 0 Å².